The third kappa shape index (κ3) is 2.46. The van der Waals surface area contributed by atoms with E-state index in [1.165, 1.54) is 0 Å². The van der Waals surface area contributed by atoms with Gasteiger partial charge in [-0.3, -0.25) is 4.79 Å². The first-order valence-electron chi connectivity index (χ1n) is 5.26. The number of carbonyl (C=O) groups is 1. The van der Waals surface area contributed by atoms with Gasteiger partial charge in [-0.1, -0.05) is 11.6 Å². The van der Waals surface area contributed by atoms with Crippen molar-refractivity contribution in [1.82, 2.24) is 4.98 Å². The smallest absolute Gasteiger partial charge is 0.227 e. The number of nitrogens with zero attached hydrogens (tertiary/aromatic N) is 2. The molecule has 1 unspecified atom stereocenters. The van der Waals surface area contributed by atoms with Gasteiger partial charge in [0.1, 0.15) is 0 Å². The largest absolute Gasteiger partial charge is 0.309 e. The van der Waals surface area contributed by atoms with Crippen LogP contribution >= 0.6 is 40.2 Å². The normalized spacial score (nSPS) is 20.1. The summed E-state index contributed by atoms with van der Waals surface area (Å²) in [6.45, 7) is 2.59. The molecule has 1 aliphatic heterocycles. The molecule has 1 atom stereocenters. The highest BCUT2D eigenvalue weighted by Gasteiger charge is 2.32. The van der Waals surface area contributed by atoms with Crippen molar-refractivity contribution in [2.24, 2.45) is 5.92 Å². The number of anilines is 1. The van der Waals surface area contributed by atoms with Crippen LogP contribution in [0.5, 0.6) is 0 Å². The summed E-state index contributed by atoms with van der Waals surface area (Å²) in [6, 6.07) is 0. The zero-order valence-electron chi connectivity index (χ0n) is 9.28. The molecular formula is C11H12BrClN2OS. The lowest BCUT2D eigenvalue weighted by Crippen LogP contribution is -2.26. The van der Waals surface area contributed by atoms with E-state index in [4.69, 9.17) is 11.6 Å². The minimum absolute atomic E-state index is 0.0916. The summed E-state index contributed by atoms with van der Waals surface area (Å²) in [5, 5.41) is 0.374. The highest BCUT2D eigenvalue weighted by atomic mass is 79.9. The molecule has 1 fully saturated rings. The maximum absolute atomic E-state index is 12.0. The lowest BCUT2D eigenvalue weighted by molar-refractivity contribution is -0.117. The molecule has 0 bridgehead atoms. The average molecular weight is 336 g/mol. The van der Waals surface area contributed by atoms with E-state index >= 15 is 0 Å². The molecule has 0 saturated carbocycles. The van der Waals surface area contributed by atoms with Gasteiger partial charge >= 0.3 is 0 Å². The molecule has 3 nitrogen and oxygen atoms in total. The number of thiol groups is 1. The Morgan fingerprint density at radius 1 is 1.71 bits per heavy atom. The highest BCUT2D eigenvalue weighted by Crippen LogP contribution is 2.36. The van der Waals surface area contributed by atoms with Gasteiger partial charge in [-0.15, -0.1) is 0 Å². The molecule has 1 aromatic heterocycles. The Labute approximate surface area is 119 Å². The summed E-state index contributed by atoms with van der Waals surface area (Å²) < 4.78 is 0.860. The van der Waals surface area contributed by atoms with Crippen LogP contribution in [0.25, 0.3) is 0 Å². The second-order valence-electron chi connectivity index (χ2n) is 4.13. The Hall–Kier alpha value is -0.260. The first-order valence-corrected chi connectivity index (χ1v) is 7.06. The highest BCUT2D eigenvalue weighted by molar-refractivity contribution is 9.10. The van der Waals surface area contributed by atoms with E-state index in [1.54, 1.807) is 11.1 Å². The number of aromatic nitrogens is 1. The predicted molar refractivity (Wildman–Crippen MR) is 76.0 cm³/mol. The van der Waals surface area contributed by atoms with E-state index in [-0.39, 0.29) is 5.91 Å². The van der Waals surface area contributed by atoms with Crippen molar-refractivity contribution in [1.29, 1.82) is 0 Å². The standard InChI is InChI=1S/C11H12BrClN2OS/c1-6-8(12)3-14-11(13)10(6)15-4-7(5-17)2-9(15)16/h3,7,17H,2,4-5H2,1H3. The molecule has 0 spiro atoms. The van der Waals surface area contributed by atoms with Gasteiger partial charge in [0.05, 0.1) is 5.69 Å². The summed E-state index contributed by atoms with van der Waals surface area (Å²) in [7, 11) is 0. The minimum Gasteiger partial charge on any atom is -0.309 e. The molecule has 0 aliphatic carbocycles. The molecule has 17 heavy (non-hydrogen) atoms. The van der Waals surface area contributed by atoms with Crippen molar-refractivity contribution < 1.29 is 4.79 Å². The SMILES string of the molecule is Cc1c(Br)cnc(Cl)c1N1CC(CS)CC1=O. The van der Waals surface area contributed by atoms with Crippen molar-refractivity contribution in [2.75, 3.05) is 17.2 Å². The molecule has 1 amide bonds. The van der Waals surface area contributed by atoms with Crippen molar-refractivity contribution >= 4 is 51.8 Å². The fraction of sp³-hybridized carbons (Fsp3) is 0.455. The number of hydrogen-bond donors (Lipinski definition) is 1. The first-order chi connectivity index (χ1) is 8.04. The number of hydrogen-bond acceptors (Lipinski definition) is 3. The molecule has 2 rings (SSSR count). The third-order valence-corrected chi connectivity index (χ3v) is 4.53. The second-order valence-corrected chi connectivity index (χ2v) is 5.71. The fourth-order valence-electron chi connectivity index (χ4n) is 1.97. The maximum atomic E-state index is 12.0. The Kier molecular flexibility index (Phi) is 4.00. The molecule has 1 aliphatic rings. The maximum Gasteiger partial charge on any atom is 0.227 e. The molecule has 6 heteroatoms. The number of amides is 1. The van der Waals surface area contributed by atoms with E-state index in [1.807, 2.05) is 6.92 Å². The molecule has 1 aromatic rings. The zero-order chi connectivity index (χ0) is 12.6. The molecule has 0 N–H and O–H groups in total. The van der Waals surface area contributed by atoms with Crippen LogP contribution in [-0.4, -0.2) is 23.2 Å². The average Bonchev–Trinajstić information content (AvgIpc) is 2.66. The van der Waals surface area contributed by atoms with Gasteiger partial charge < -0.3 is 4.90 Å². The van der Waals surface area contributed by atoms with E-state index in [0.717, 1.165) is 15.7 Å². The molecule has 0 radical (unpaired) electrons. The summed E-state index contributed by atoms with van der Waals surface area (Å²) in [4.78, 5) is 17.7. The molecule has 2 heterocycles. The van der Waals surface area contributed by atoms with Gasteiger partial charge in [-0.2, -0.15) is 12.6 Å². The van der Waals surface area contributed by atoms with Crippen LogP contribution in [0.3, 0.4) is 0 Å². The molecule has 92 valence electrons. The monoisotopic (exact) mass is 334 g/mol. The third-order valence-electron chi connectivity index (χ3n) is 2.93. The quantitative estimate of drug-likeness (QED) is 0.665. The van der Waals surface area contributed by atoms with Gasteiger partial charge in [0, 0.05) is 23.6 Å². The van der Waals surface area contributed by atoms with E-state index < -0.39 is 0 Å². The van der Waals surface area contributed by atoms with Crippen LogP contribution in [-0.2, 0) is 4.79 Å². The summed E-state index contributed by atoms with van der Waals surface area (Å²) in [6.07, 6.45) is 2.18. The van der Waals surface area contributed by atoms with Crippen LogP contribution in [0, 0.1) is 12.8 Å². The van der Waals surface area contributed by atoms with Crippen molar-refractivity contribution in [3.05, 3.63) is 21.4 Å². The first kappa shape index (κ1) is 13.2. The lowest BCUT2D eigenvalue weighted by Gasteiger charge is -2.20. The number of pyridine rings is 1. The van der Waals surface area contributed by atoms with Crippen LogP contribution in [0.2, 0.25) is 5.15 Å². The van der Waals surface area contributed by atoms with E-state index in [2.05, 4.69) is 33.5 Å². The lowest BCUT2D eigenvalue weighted by atomic mass is 10.1. The summed E-state index contributed by atoms with van der Waals surface area (Å²) in [5.41, 5.74) is 1.66. The van der Waals surface area contributed by atoms with Crippen LogP contribution in [0.1, 0.15) is 12.0 Å². The van der Waals surface area contributed by atoms with E-state index in [0.29, 0.717) is 29.8 Å². The molecular weight excluding hydrogens is 324 g/mol. The van der Waals surface area contributed by atoms with Crippen molar-refractivity contribution in [2.45, 2.75) is 13.3 Å². The van der Waals surface area contributed by atoms with Gasteiger partial charge in [-0.05, 0) is 40.1 Å². The topological polar surface area (TPSA) is 33.2 Å². The predicted octanol–water partition coefficient (Wildman–Crippen LogP) is 3.09. The van der Waals surface area contributed by atoms with Crippen molar-refractivity contribution in [3.8, 4) is 0 Å². The second kappa shape index (κ2) is 5.16. The van der Waals surface area contributed by atoms with Crippen molar-refractivity contribution in [3.63, 3.8) is 0 Å². The minimum atomic E-state index is 0.0916. The Balaban J connectivity index is 2.41. The van der Waals surface area contributed by atoms with E-state index in [9.17, 15) is 4.79 Å². The molecule has 1 saturated heterocycles. The van der Waals surface area contributed by atoms with Gasteiger partial charge in [0.2, 0.25) is 5.91 Å². The number of rotatable bonds is 2. The van der Waals surface area contributed by atoms with Gasteiger partial charge in [0.25, 0.3) is 0 Å². The fourth-order valence-corrected chi connectivity index (χ4v) is 2.80. The number of carbonyl (C=O) groups excluding carboxylic acids is 1. The van der Waals surface area contributed by atoms with Gasteiger partial charge in [-0.25, -0.2) is 4.98 Å². The Morgan fingerprint density at radius 3 is 3.00 bits per heavy atom. The zero-order valence-corrected chi connectivity index (χ0v) is 12.5. The van der Waals surface area contributed by atoms with Crippen LogP contribution < -0.4 is 4.90 Å². The molecule has 0 aromatic carbocycles. The van der Waals surface area contributed by atoms with Crippen LogP contribution in [0.15, 0.2) is 10.7 Å². The number of halogens is 2. The van der Waals surface area contributed by atoms with Gasteiger partial charge in [0.15, 0.2) is 5.15 Å². The summed E-state index contributed by atoms with van der Waals surface area (Å²) >= 11 is 13.7. The van der Waals surface area contributed by atoms with Crippen LogP contribution in [0.4, 0.5) is 5.69 Å². The Morgan fingerprint density at radius 2 is 2.41 bits per heavy atom. The Bertz CT molecular complexity index is 469. The summed E-state index contributed by atoms with van der Waals surface area (Å²) in [5.74, 6) is 1.09.